The Bertz CT molecular complexity index is 668. The van der Waals surface area contributed by atoms with E-state index in [1.165, 1.54) is 17.2 Å². The summed E-state index contributed by atoms with van der Waals surface area (Å²) in [6.45, 7) is 11.3. The molecule has 0 aromatic heterocycles. The maximum Gasteiger partial charge on any atom is 0.167 e. The second kappa shape index (κ2) is 4.39. The van der Waals surface area contributed by atoms with Crippen LogP contribution in [0.2, 0.25) is 19.6 Å². The van der Waals surface area contributed by atoms with Crippen molar-refractivity contribution >= 4 is 13.9 Å². The first-order valence-electron chi connectivity index (χ1n) is 7.68. The fraction of sp³-hybridized carbons (Fsp3) is 0.500. The summed E-state index contributed by atoms with van der Waals surface area (Å²) in [4.78, 5) is 12.9. The molecule has 0 saturated heterocycles. The molecule has 0 radical (unpaired) electrons. The molecule has 21 heavy (non-hydrogen) atoms. The van der Waals surface area contributed by atoms with Gasteiger partial charge in [-0.2, -0.15) is 0 Å². The van der Waals surface area contributed by atoms with E-state index in [1.807, 2.05) is 0 Å². The standard InChI is InChI=1S/C18H23FOSi/c1-11-8-16-17(20)14-7-6-13(19)9-15(14)18(16,10-12(11)2)21(3,4)5/h6-7,9,16H,8,10H2,1-5H3/t16-,18-/m0/s1. The quantitative estimate of drug-likeness (QED) is 0.533. The molecule has 0 spiro atoms. The fourth-order valence-electron chi connectivity index (χ4n) is 4.43. The molecule has 0 fully saturated rings. The van der Waals surface area contributed by atoms with Gasteiger partial charge in [-0.1, -0.05) is 30.8 Å². The number of hydrogen-bond acceptors (Lipinski definition) is 1. The number of fused-ring (bicyclic) bond motifs is 3. The molecule has 0 saturated carbocycles. The van der Waals surface area contributed by atoms with Crippen LogP contribution in [-0.4, -0.2) is 13.9 Å². The molecule has 2 aliphatic carbocycles. The third-order valence-corrected chi connectivity index (χ3v) is 9.23. The number of rotatable bonds is 1. The number of halogens is 1. The third-order valence-electron chi connectivity index (χ3n) is 5.76. The van der Waals surface area contributed by atoms with Crippen molar-refractivity contribution in [2.45, 2.75) is 51.4 Å². The van der Waals surface area contributed by atoms with Crippen LogP contribution in [0.15, 0.2) is 29.3 Å². The average molecular weight is 302 g/mol. The molecule has 3 rings (SSSR count). The molecule has 112 valence electrons. The molecule has 0 bridgehead atoms. The molecule has 2 aliphatic rings. The Morgan fingerprint density at radius 3 is 2.48 bits per heavy atom. The molecule has 1 aromatic rings. The Kier molecular flexibility index (Phi) is 3.07. The maximum absolute atomic E-state index is 13.9. The van der Waals surface area contributed by atoms with Crippen molar-refractivity contribution in [1.82, 2.24) is 0 Å². The van der Waals surface area contributed by atoms with Gasteiger partial charge in [0.2, 0.25) is 0 Å². The Morgan fingerprint density at radius 1 is 1.19 bits per heavy atom. The molecular formula is C18H23FOSi. The van der Waals surface area contributed by atoms with E-state index in [0.717, 1.165) is 24.0 Å². The van der Waals surface area contributed by atoms with Crippen LogP contribution in [0.3, 0.4) is 0 Å². The van der Waals surface area contributed by atoms with Crippen molar-refractivity contribution < 1.29 is 9.18 Å². The summed E-state index contributed by atoms with van der Waals surface area (Å²) in [7, 11) is -1.72. The molecule has 0 heterocycles. The SMILES string of the molecule is CC1=C(C)C[C@]2([Si](C)(C)C)c3cc(F)ccc3C(=O)[C@@H]2C1. The largest absolute Gasteiger partial charge is 0.294 e. The van der Waals surface area contributed by atoms with Crippen LogP contribution in [-0.2, 0) is 5.04 Å². The molecule has 0 amide bonds. The van der Waals surface area contributed by atoms with E-state index in [0.29, 0.717) is 0 Å². The molecule has 0 N–H and O–H groups in total. The summed E-state index contributed by atoms with van der Waals surface area (Å²) in [6.07, 6.45) is 1.76. The van der Waals surface area contributed by atoms with E-state index < -0.39 is 8.07 Å². The van der Waals surface area contributed by atoms with Gasteiger partial charge in [0, 0.05) is 16.5 Å². The van der Waals surface area contributed by atoms with Crippen molar-refractivity contribution in [2.75, 3.05) is 0 Å². The number of hydrogen-bond donors (Lipinski definition) is 0. The van der Waals surface area contributed by atoms with Gasteiger partial charge in [0.1, 0.15) is 5.82 Å². The van der Waals surface area contributed by atoms with Crippen LogP contribution in [0.5, 0.6) is 0 Å². The van der Waals surface area contributed by atoms with Crippen molar-refractivity contribution in [2.24, 2.45) is 5.92 Å². The van der Waals surface area contributed by atoms with Gasteiger partial charge in [0.15, 0.2) is 5.78 Å². The van der Waals surface area contributed by atoms with E-state index in [1.54, 1.807) is 12.1 Å². The van der Waals surface area contributed by atoms with Crippen molar-refractivity contribution in [3.05, 3.63) is 46.3 Å². The summed E-state index contributed by atoms with van der Waals surface area (Å²) in [6, 6.07) is 4.77. The number of Topliss-reactive ketones (excluding diaryl/α,β-unsaturated/α-hetero) is 1. The summed E-state index contributed by atoms with van der Waals surface area (Å²) in [5.41, 5.74) is 4.49. The van der Waals surface area contributed by atoms with E-state index in [9.17, 15) is 9.18 Å². The van der Waals surface area contributed by atoms with Gasteiger partial charge in [0.25, 0.3) is 0 Å². The zero-order valence-electron chi connectivity index (χ0n) is 13.5. The second-order valence-corrected chi connectivity index (χ2v) is 13.2. The van der Waals surface area contributed by atoms with Gasteiger partial charge in [-0.3, -0.25) is 4.79 Å². The van der Waals surface area contributed by atoms with Gasteiger partial charge < -0.3 is 0 Å². The van der Waals surface area contributed by atoms with Crippen molar-refractivity contribution in [3.8, 4) is 0 Å². The smallest absolute Gasteiger partial charge is 0.167 e. The van der Waals surface area contributed by atoms with Gasteiger partial charge in [0.05, 0.1) is 8.07 Å². The van der Waals surface area contributed by atoms with Crippen LogP contribution >= 0.6 is 0 Å². The van der Waals surface area contributed by atoms with Gasteiger partial charge >= 0.3 is 0 Å². The summed E-state index contributed by atoms with van der Waals surface area (Å²) >= 11 is 0. The average Bonchev–Trinajstić information content (AvgIpc) is 2.61. The lowest BCUT2D eigenvalue weighted by atomic mass is 9.75. The lowest BCUT2D eigenvalue weighted by molar-refractivity contribution is 0.0902. The normalized spacial score (nSPS) is 28.7. The highest BCUT2D eigenvalue weighted by Crippen LogP contribution is 2.57. The first kappa shape index (κ1) is 14.7. The van der Waals surface area contributed by atoms with Gasteiger partial charge in [-0.25, -0.2) is 4.39 Å². The molecule has 3 heteroatoms. The van der Waals surface area contributed by atoms with Crippen LogP contribution < -0.4 is 0 Å². The number of allylic oxidation sites excluding steroid dienone is 2. The lowest BCUT2D eigenvalue weighted by Crippen LogP contribution is -2.55. The Balaban J connectivity index is 2.32. The van der Waals surface area contributed by atoms with E-state index in [-0.39, 0.29) is 22.6 Å². The predicted octanol–water partition coefficient (Wildman–Crippen LogP) is 4.88. The highest BCUT2D eigenvalue weighted by Gasteiger charge is 2.59. The minimum Gasteiger partial charge on any atom is -0.294 e. The monoisotopic (exact) mass is 302 g/mol. The van der Waals surface area contributed by atoms with E-state index in [4.69, 9.17) is 0 Å². The Morgan fingerprint density at radius 2 is 1.86 bits per heavy atom. The number of ketones is 1. The lowest BCUT2D eigenvalue weighted by Gasteiger charge is -2.48. The maximum atomic E-state index is 13.9. The Labute approximate surface area is 127 Å². The first-order valence-corrected chi connectivity index (χ1v) is 11.2. The zero-order valence-corrected chi connectivity index (χ0v) is 14.5. The fourth-order valence-corrected chi connectivity index (χ4v) is 7.52. The molecule has 1 aromatic carbocycles. The molecular weight excluding hydrogens is 279 g/mol. The Hall–Kier alpha value is -1.22. The molecule has 0 unspecified atom stereocenters. The number of carbonyl (C=O) groups excluding carboxylic acids is 1. The van der Waals surface area contributed by atoms with E-state index in [2.05, 4.69) is 33.5 Å². The third kappa shape index (κ3) is 1.83. The van der Waals surface area contributed by atoms with Crippen molar-refractivity contribution in [3.63, 3.8) is 0 Å². The van der Waals surface area contributed by atoms with Gasteiger partial charge in [-0.15, -0.1) is 0 Å². The van der Waals surface area contributed by atoms with Crippen LogP contribution in [0, 0.1) is 11.7 Å². The summed E-state index contributed by atoms with van der Waals surface area (Å²) < 4.78 is 13.9. The second-order valence-electron chi connectivity index (χ2n) is 7.77. The number of benzene rings is 1. The summed E-state index contributed by atoms with van der Waals surface area (Å²) in [5.74, 6) is 0.0349. The first-order chi connectivity index (χ1) is 9.68. The van der Waals surface area contributed by atoms with Crippen LogP contribution in [0.1, 0.15) is 42.6 Å². The highest BCUT2D eigenvalue weighted by molar-refractivity contribution is 6.79. The summed E-state index contributed by atoms with van der Waals surface area (Å²) in [5, 5.41) is -0.134. The number of carbonyl (C=O) groups is 1. The zero-order chi connectivity index (χ0) is 15.6. The minimum absolute atomic E-state index is 0.0182. The van der Waals surface area contributed by atoms with Crippen LogP contribution in [0.25, 0.3) is 0 Å². The molecule has 2 atom stereocenters. The molecule has 0 aliphatic heterocycles. The van der Waals surface area contributed by atoms with Crippen LogP contribution in [0.4, 0.5) is 4.39 Å². The topological polar surface area (TPSA) is 17.1 Å². The minimum atomic E-state index is -1.72. The van der Waals surface area contributed by atoms with E-state index >= 15 is 0 Å². The van der Waals surface area contributed by atoms with Gasteiger partial charge in [-0.05, 0) is 50.5 Å². The predicted molar refractivity (Wildman–Crippen MR) is 86.9 cm³/mol. The highest BCUT2D eigenvalue weighted by atomic mass is 28.3. The van der Waals surface area contributed by atoms with Crippen molar-refractivity contribution in [1.29, 1.82) is 0 Å². The molecule has 1 nitrogen and oxygen atoms in total.